The van der Waals surface area contributed by atoms with Crippen molar-refractivity contribution < 1.29 is 18.3 Å². The summed E-state index contributed by atoms with van der Waals surface area (Å²) in [5, 5.41) is 3.30. The van der Waals surface area contributed by atoms with Crippen molar-refractivity contribution in [2.45, 2.75) is 136 Å². The Bertz CT molecular complexity index is 1090. The molecule has 2 rings (SSSR count). The number of H-pyrrole nitrogens is 2. The third-order valence-corrected chi connectivity index (χ3v) is 10.0. The SMILES string of the molecule is CCCCCCCCCCCCCCCCCCOCCCOP(=O)(CCCNCc1c[nH]c2c(=O)[nH]c(N)nc12)OCC. The molecule has 254 valence electrons. The van der Waals surface area contributed by atoms with Gasteiger partial charge in [0.1, 0.15) is 11.0 Å². The normalized spacial score (nSPS) is 13.1. The minimum Gasteiger partial charge on any atom is -0.381 e. The Labute approximate surface area is 265 Å². The first-order valence-electron chi connectivity index (χ1n) is 17.5. The smallest absolute Gasteiger partial charge is 0.330 e. The molecule has 0 spiro atoms. The van der Waals surface area contributed by atoms with Crippen molar-refractivity contribution >= 4 is 24.6 Å². The largest absolute Gasteiger partial charge is 0.381 e. The van der Waals surface area contributed by atoms with Crippen LogP contribution in [-0.4, -0.2) is 54.1 Å². The van der Waals surface area contributed by atoms with Crippen LogP contribution >= 0.6 is 7.60 Å². The van der Waals surface area contributed by atoms with E-state index in [9.17, 15) is 9.36 Å². The van der Waals surface area contributed by atoms with Crippen molar-refractivity contribution in [3.63, 3.8) is 0 Å². The number of hydrogen-bond donors (Lipinski definition) is 4. The van der Waals surface area contributed by atoms with E-state index in [1.165, 1.54) is 96.3 Å². The highest BCUT2D eigenvalue weighted by Gasteiger charge is 2.23. The molecule has 2 aromatic rings. The average Bonchev–Trinajstić information content (AvgIpc) is 3.41. The molecule has 1 unspecified atom stereocenters. The summed E-state index contributed by atoms with van der Waals surface area (Å²) in [6.45, 7) is 7.33. The number of aromatic nitrogens is 3. The minimum atomic E-state index is -3.14. The summed E-state index contributed by atoms with van der Waals surface area (Å²) in [6, 6.07) is 0. The molecule has 0 bridgehead atoms. The predicted molar refractivity (Wildman–Crippen MR) is 182 cm³/mol. The third kappa shape index (κ3) is 17.1. The highest BCUT2D eigenvalue weighted by Crippen LogP contribution is 2.48. The molecule has 0 aliphatic carbocycles. The Morgan fingerprint density at radius 3 is 2.00 bits per heavy atom. The van der Waals surface area contributed by atoms with E-state index >= 15 is 0 Å². The molecule has 0 amide bonds. The van der Waals surface area contributed by atoms with Crippen molar-refractivity contribution in [1.29, 1.82) is 0 Å². The van der Waals surface area contributed by atoms with E-state index in [2.05, 4.69) is 27.2 Å². The second-order valence-electron chi connectivity index (χ2n) is 11.9. The summed E-state index contributed by atoms with van der Waals surface area (Å²) in [5.74, 6) is 0.0868. The number of nitrogen functional groups attached to an aromatic ring is 1. The van der Waals surface area contributed by atoms with Crippen LogP contribution in [0.5, 0.6) is 0 Å². The van der Waals surface area contributed by atoms with Crippen molar-refractivity contribution in [2.24, 2.45) is 0 Å². The maximum Gasteiger partial charge on any atom is 0.330 e. The third-order valence-electron chi connectivity index (χ3n) is 7.92. The molecule has 44 heavy (non-hydrogen) atoms. The van der Waals surface area contributed by atoms with Gasteiger partial charge in [-0.3, -0.25) is 14.3 Å². The van der Waals surface area contributed by atoms with Crippen molar-refractivity contribution in [1.82, 2.24) is 20.3 Å². The lowest BCUT2D eigenvalue weighted by atomic mass is 10.0. The van der Waals surface area contributed by atoms with E-state index in [1.807, 2.05) is 6.92 Å². The number of nitrogens with zero attached hydrogens (tertiary/aromatic N) is 1. The second-order valence-corrected chi connectivity index (χ2v) is 14.1. The summed E-state index contributed by atoms with van der Waals surface area (Å²) in [5.41, 5.74) is 7.18. The fourth-order valence-electron chi connectivity index (χ4n) is 5.42. The molecule has 10 nitrogen and oxygen atoms in total. The molecule has 0 saturated carbocycles. The molecule has 1 atom stereocenters. The Morgan fingerprint density at radius 1 is 0.795 bits per heavy atom. The molecular formula is C33H62N5O5P. The van der Waals surface area contributed by atoms with E-state index < -0.39 is 7.60 Å². The minimum absolute atomic E-state index is 0.0868. The highest BCUT2D eigenvalue weighted by molar-refractivity contribution is 7.53. The number of hydrogen-bond acceptors (Lipinski definition) is 8. The average molecular weight is 640 g/mol. The van der Waals surface area contributed by atoms with E-state index in [0.717, 1.165) is 18.6 Å². The van der Waals surface area contributed by atoms with E-state index in [1.54, 1.807) is 6.20 Å². The topological polar surface area (TPSA) is 144 Å². The van der Waals surface area contributed by atoms with Gasteiger partial charge in [-0.1, -0.05) is 103 Å². The maximum absolute atomic E-state index is 13.1. The van der Waals surface area contributed by atoms with E-state index in [4.69, 9.17) is 19.5 Å². The quantitative estimate of drug-likeness (QED) is 0.0494. The van der Waals surface area contributed by atoms with Crippen LogP contribution < -0.4 is 16.6 Å². The van der Waals surface area contributed by atoms with Crippen molar-refractivity contribution in [3.05, 3.63) is 22.1 Å². The Kier molecular flexibility index (Phi) is 21.4. The number of ether oxygens (including phenoxy) is 1. The molecule has 2 aromatic heterocycles. The van der Waals surface area contributed by atoms with Gasteiger partial charge >= 0.3 is 7.60 Å². The molecule has 5 N–H and O–H groups in total. The van der Waals surface area contributed by atoms with Crippen LogP contribution in [0.1, 0.15) is 135 Å². The van der Waals surface area contributed by atoms with Gasteiger partial charge in [0.25, 0.3) is 5.56 Å². The maximum atomic E-state index is 13.1. The zero-order chi connectivity index (χ0) is 31.7. The molecular weight excluding hydrogens is 577 g/mol. The van der Waals surface area contributed by atoms with Crippen molar-refractivity contribution in [2.75, 3.05) is 44.9 Å². The Morgan fingerprint density at radius 2 is 1.39 bits per heavy atom. The summed E-state index contributed by atoms with van der Waals surface area (Å²) < 4.78 is 30.0. The molecule has 11 heteroatoms. The van der Waals surface area contributed by atoms with Crippen LogP contribution in [0.3, 0.4) is 0 Å². The summed E-state index contributed by atoms with van der Waals surface area (Å²) >= 11 is 0. The van der Waals surface area contributed by atoms with E-state index in [0.29, 0.717) is 62.9 Å². The van der Waals surface area contributed by atoms with Crippen LogP contribution in [0.4, 0.5) is 5.95 Å². The zero-order valence-corrected chi connectivity index (χ0v) is 28.7. The van der Waals surface area contributed by atoms with Gasteiger partial charge in [0.15, 0.2) is 0 Å². The number of rotatable bonds is 30. The first-order valence-corrected chi connectivity index (χ1v) is 19.2. The van der Waals surface area contributed by atoms with Crippen LogP contribution in [0, 0.1) is 0 Å². The molecule has 0 saturated heterocycles. The summed E-state index contributed by atoms with van der Waals surface area (Å²) in [6.07, 6.45) is 25.3. The molecule has 0 fully saturated rings. The number of unbranched alkanes of at least 4 members (excludes halogenated alkanes) is 15. The van der Waals surface area contributed by atoms with Crippen LogP contribution in [-0.2, 0) is 24.9 Å². The van der Waals surface area contributed by atoms with Gasteiger partial charge in [-0.15, -0.1) is 0 Å². The number of nitrogens with two attached hydrogens (primary N) is 1. The van der Waals surface area contributed by atoms with E-state index in [-0.39, 0.29) is 11.5 Å². The van der Waals surface area contributed by atoms with Crippen LogP contribution in [0.25, 0.3) is 11.0 Å². The molecule has 0 aromatic carbocycles. The molecule has 0 aliphatic rings. The van der Waals surface area contributed by atoms with Gasteiger partial charge < -0.3 is 29.8 Å². The van der Waals surface area contributed by atoms with Gasteiger partial charge in [0, 0.05) is 31.5 Å². The number of nitrogens with one attached hydrogen (secondary N) is 3. The fourth-order valence-corrected chi connectivity index (χ4v) is 7.10. The predicted octanol–water partition coefficient (Wildman–Crippen LogP) is 8.23. The summed E-state index contributed by atoms with van der Waals surface area (Å²) in [4.78, 5) is 21.6. The first kappa shape index (κ1) is 38.5. The zero-order valence-electron chi connectivity index (χ0n) is 27.8. The molecule has 0 radical (unpaired) electrons. The summed E-state index contributed by atoms with van der Waals surface area (Å²) in [7, 11) is -3.14. The number of anilines is 1. The number of fused-ring (bicyclic) bond motifs is 1. The molecule has 2 heterocycles. The van der Waals surface area contributed by atoms with Gasteiger partial charge in [0.2, 0.25) is 5.95 Å². The first-order chi connectivity index (χ1) is 21.5. The van der Waals surface area contributed by atoms with Gasteiger partial charge in [-0.2, -0.15) is 0 Å². The van der Waals surface area contributed by atoms with Gasteiger partial charge in [-0.05, 0) is 32.7 Å². The lowest BCUT2D eigenvalue weighted by Crippen LogP contribution is -2.17. The Hall–Kier alpha value is -1.71. The Balaban J connectivity index is 1.40. The molecule has 0 aliphatic heterocycles. The van der Waals surface area contributed by atoms with Crippen LogP contribution in [0.15, 0.2) is 11.0 Å². The fraction of sp³-hybridized carbons (Fsp3) is 0.818. The lowest BCUT2D eigenvalue weighted by molar-refractivity contribution is 0.111. The monoisotopic (exact) mass is 639 g/mol. The van der Waals surface area contributed by atoms with Crippen molar-refractivity contribution in [3.8, 4) is 0 Å². The lowest BCUT2D eigenvalue weighted by Gasteiger charge is -2.18. The van der Waals surface area contributed by atoms with Gasteiger partial charge in [0.05, 0.1) is 19.4 Å². The second kappa shape index (κ2) is 24.5. The highest BCUT2D eigenvalue weighted by atomic mass is 31.2. The van der Waals surface area contributed by atoms with Crippen LogP contribution in [0.2, 0.25) is 0 Å². The standard InChI is InChI=1S/C33H62N5O5P/c1-3-5-6-7-8-9-10-11-12-13-14-15-16-17-18-19-23-41-24-21-25-43-44(40,42-4-2)26-20-22-35-27-29-28-36-31-30(29)37-33(34)38-32(31)39/h28,35-36H,3-27H2,1-2H3,(H3,34,37,38,39). The number of aromatic amines is 2. The van der Waals surface area contributed by atoms with Gasteiger partial charge in [-0.25, -0.2) is 4.98 Å².